The molecule has 1 aliphatic rings. The third-order valence-electron chi connectivity index (χ3n) is 3.92. The maximum Gasteiger partial charge on any atom is 0.407 e. The van der Waals surface area contributed by atoms with Gasteiger partial charge in [-0.3, -0.25) is 4.79 Å². The lowest BCUT2D eigenvalue weighted by atomic mass is 9.86. The second kappa shape index (κ2) is 5.99. The summed E-state index contributed by atoms with van der Waals surface area (Å²) in [6.45, 7) is 7.08. The third kappa shape index (κ3) is 3.59. The predicted molar refractivity (Wildman–Crippen MR) is 82.8 cm³/mol. The van der Waals surface area contributed by atoms with Gasteiger partial charge in [-0.05, 0) is 38.3 Å². The maximum absolute atomic E-state index is 12.0. The van der Waals surface area contributed by atoms with Gasteiger partial charge < -0.3 is 15.2 Å². The number of alkyl carbamates (subject to hydrolysis) is 1. The normalized spacial score (nSPS) is 21.8. The van der Waals surface area contributed by atoms with Crippen LogP contribution in [-0.4, -0.2) is 28.8 Å². The number of rotatable bonds is 3. The lowest BCUT2D eigenvalue weighted by Gasteiger charge is -2.27. The van der Waals surface area contributed by atoms with Crippen LogP contribution in [0.1, 0.15) is 44.7 Å². The van der Waals surface area contributed by atoms with Gasteiger partial charge in [0.05, 0.1) is 5.92 Å². The number of carboxylic acid groups (broad SMARTS) is 1. The van der Waals surface area contributed by atoms with Gasteiger partial charge in [-0.25, -0.2) is 4.79 Å². The minimum atomic E-state index is -0.863. The summed E-state index contributed by atoms with van der Waals surface area (Å²) in [6, 6.07) is 7.48. The van der Waals surface area contributed by atoms with Crippen molar-refractivity contribution < 1.29 is 19.4 Å². The summed E-state index contributed by atoms with van der Waals surface area (Å²) in [5.41, 5.74) is 1.50. The van der Waals surface area contributed by atoms with Crippen LogP contribution in [0.5, 0.6) is 0 Å². The van der Waals surface area contributed by atoms with Crippen LogP contribution in [0.15, 0.2) is 24.3 Å². The van der Waals surface area contributed by atoms with E-state index in [0.29, 0.717) is 6.42 Å². The Morgan fingerprint density at radius 2 is 1.95 bits per heavy atom. The van der Waals surface area contributed by atoms with Crippen molar-refractivity contribution in [3.05, 3.63) is 35.4 Å². The van der Waals surface area contributed by atoms with Gasteiger partial charge in [-0.1, -0.05) is 31.2 Å². The highest BCUT2D eigenvalue weighted by atomic mass is 16.6. The lowest BCUT2D eigenvalue weighted by molar-refractivity contribution is -0.142. The Kier molecular flexibility index (Phi) is 4.44. The summed E-state index contributed by atoms with van der Waals surface area (Å²) in [7, 11) is 0. The average Bonchev–Trinajstić information content (AvgIpc) is 2.72. The summed E-state index contributed by atoms with van der Waals surface area (Å²) >= 11 is 0. The van der Waals surface area contributed by atoms with Crippen molar-refractivity contribution in [3.63, 3.8) is 0 Å². The number of nitrogens with one attached hydrogen (secondary N) is 1. The molecule has 5 heteroatoms. The highest BCUT2D eigenvalue weighted by Gasteiger charge is 2.40. The minimum absolute atomic E-state index is 0.249. The summed E-state index contributed by atoms with van der Waals surface area (Å²) in [6.07, 6.45) is 0.116. The Labute approximate surface area is 130 Å². The molecule has 0 bridgehead atoms. The summed E-state index contributed by atoms with van der Waals surface area (Å²) < 4.78 is 5.29. The molecule has 1 amide bonds. The molecule has 0 radical (unpaired) electrons. The SMILES string of the molecule is CC(C(=O)O)[C@@H]1c2ccccc2C[C@H]1NC(=O)OC(C)(C)C. The van der Waals surface area contributed by atoms with E-state index in [-0.39, 0.29) is 12.0 Å². The van der Waals surface area contributed by atoms with Crippen LogP contribution in [0.25, 0.3) is 0 Å². The van der Waals surface area contributed by atoms with Crippen molar-refractivity contribution in [2.75, 3.05) is 0 Å². The molecule has 1 aromatic rings. The van der Waals surface area contributed by atoms with Crippen molar-refractivity contribution >= 4 is 12.1 Å². The van der Waals surface area contributed by atoms with Crippen LogP contribution in [-0.2, 0) is 16.0 Å². The van der Waals surface area contributed by atoms with E-state index in [1.165, 1.54) is 0 Å². The standard InChI is InChI=1S/C17H23NO4/c1-10(15(19)20)14-12-8-6-5-7-11(12)9-13(14)18-16(21)22-17(2,3)4/h5-8,10,13-14H,9H2,1-4H3,(H,18,21)(H,19,20)/t10?,13-,14-/m1/s1. The number of amides is 1. The van der Waals surface area contributed by atoms with Crippen molar-refractivity contribution in [1.29, 1.82) is 0 Å². The number of hydrogen-bond acceptors (Lipinski definition) is 3. The largest absolute Gasteiger partial charge is 0.481 e. The Balaban J connectivity index is 2.20. The van der Waals surface area contributed by atoms with Crippen LogP contribution in [0.3, 0.4) is 0 Å². The number of carbonyl (C=O) groups excluding carboxylic acids is 1. The predicted octanol–water partition coefficient (Wildman–Crippen LogP) is 2.94. The van der Waals surface area contributed by atoms with Crippen LogP contribution in [0.2, 0.25) is 0 Å². The number of hydrogen-bond donors (Lipinski definition) is 2. The number of carbonyl (C=O) groups is 2. The summed E-state index contributed by atoms with van der Waals surface area (Å²) in [5, 5.41) is 12.2. The van der Waals surface area contributed by atoms with E-state index in [1.807, 2.05) is 24.3 Å². The van der Waals surface area contributed by atoms with Gasteiger partial charge in [-0.15, -0.1) is 0 Å². The molecular formula is C17H23NO4. The molecule has 1 aromatic carbocycles. The van der Waals surface area contributed by atoms with E-state index in [0.717, 1.165) is 11.1 Å². The second-order valence-electron chi connectivity index (χ2n) is 6.81. The van der Waals surface area contributed by atoms with Gasteiger partial charge in [0.2, 0.25) is 0 Å². The van der Waals surface area contributed by atoms with Crippen LogP contribution >= 0.6 is 0 Å². The van der Waals surface area contributed by atoms with Gasteiger partial charge in [0.1, 0.15) is 5.60 Å². The first-order valence-corrected chi connectivity index (χ1v) is 7.49. The van der Waals surface area contributed by atoms with E-state index in [4.69, 9.17) is 4.74 Å². The number of aliphatic carboxylic acids is 1. The van der Waals surface area contributed by atoms with E-state index >= 15 is 0 Å². The van der Waals surface area contributed by atoms with Crippen molar-refractivity contribution in [2.45, 2.75) is 51.7 Å². The fourth-order valence-corrected chi connectivity index (χ4v) is 3.00. The Morgan fingerprint density at radius 3 is 2.55 bits per heavy atom. The first-order chi connectivity index (χ1) is 10.2. The molecule has 0 heterocycles. The Hall–Kier alpha value is -2.04. The molecule has 0 fully saturated rings. The number of fused-ring (bicyclic) bond motifs is 1. The van der Waals surface area contributed by atoms with E-state index in [2.05, 4.69) is 5.32 Å². The zero-order chi connectivity index (χ0) is 16.5. The van der Waals surface area contributed by atoms with Gasteiger partial charge in [0.15, 0.2) is 0 Å². The van der Waals surface area contributed by atoms with Crippen molar-refractivity contribution in [2.24, 2.45) is 5.92 Å². The molecule has 2 N–H and O–H groups in total. The zero-order valence-electron chi connectivity index (χ0n) is 13.4. The molecular weight excluding hydrogens is 282 g/mol. The number of carboxylic acids is 1. The first-order valence-electron chi connectivity index (χ1n) is 7.49. The van der Waals surface area contributed by atoms with Crippen molar-refractivity contribution in [3.8, 4) is 0 Å². The minimum Gasteiger partial charge on any atom is -0.481 e. The van der Waals surface area contributed by atoms with Gasteiger partial charge in [0.25, 0.3) is 0 Å². The Morgan fingerprint density at radius 1 is 1.32 bits per heavy atom. The topological polar surface area (TPSA) is 75.6 Å². The van der Waals surface area contributed by atoms with Crippen LogP contribution < -0.4 is 5.32 Å². The molecule has 0 aliphatic heterocycles. The fourth-order valence-electron chi connectivity index (χ4n) is 3.00. The molecule has 0 saturated heterocycles. The van der Waals surface area contributed by atoms with Crippen LogP contribution in [0, 0.1) is 5.92 Å². The quantitative estimate of drug-likeness (QED) is 0.900. The molecule has 2 rings (SSSR count). The third-order valence-corrected chi connectivity index (χ3v) is 3.92. The molecule has 0 spiro atoms. The molecule has 1 unspecified atom stereocenters. The Bertz CT molecular complexity index is 576. The monoisotopic (exact) mass is 305 g/mol. The molecule has 5 nitrogen and oxygen atoms in total. The highest BCUT2D eigenvalue weighted by Crippen LogP contribution is 2.38. The number of benzene rings is 1. The highest BCUT2D eigenvalue weighted by molar-refractivity contribution is 5.73. The molecule has 1 aliphatic carbocycles. The molecule has 120 valence electrons. The van der Waals surface area contributed by atoms with Gasteiger partial charge in [0, 0.05) is 12.0 Å². The summed E-state index contributed by atoms with van der Waals surface area (Å²) in [4.78, 5) is 23.4. The van der Waals surface area contributed by atoms with Crippen LogP contribution in [0.4, 0.5) is 4.79 Å². The van der Waals surface area contributed by atoms with Gasteiger partial charge >= 0.3 is 12.1 Å². The zero-order valence-corrected chi connectivity index (χ0v) is 13.4. The smallest absolute Gasteiger partial charge is 0.407 e. The fraction of sp³-hybridized carbons (Fsp3) is 0.529. The van der Waals surface area contributed by atoms with E-state index < -0.39 is 23.6 Å². The average molecular weight is 305 g/mol. The van der Waals surface area contributed by atoms with E-state index in [9.17, 15) is 14.7 Å². The van der Waals surface area contributed by atoms with Gasteiger partial charge in [-0.2, -0.15) is 0 Å². The molecule has 0 aromatic heterocycles. The molecule has 22 heavy (non-hydrogen) atoms. The maximum atomic E-state index is 12.0. The lowest BCUT2D eigenvalue weighted by Crippen LogP contribution is -2.43. The molecule has 0 saturated carbocycles. The second-order valence-corrected chi connectivity index (χ2v) is 6.81. The first kappa shape index (κ1) is 16.3. The number of ether oxygens (including phenoxy) is 1. The van der Waals surface area contributed by atoms with Crippen molar-refractivity contribution in [1.82, 2.24) is 5.32 Å². The molecule has 3 atom stereocenters. The summed E-state index contributed by atoms with van der Waals surface area (Å²) in [5.74, 6) is -1.69. The van der Waals surface area contributed by atoms with E-state index in [1.54, 1.807) is 27.7 Å².